The lowest BCUT2D eigenvalue weighted by Crippen LogP contribution is -2.36. The number of carbonyl (C=O) groups is 1. The van der Waals surface area contributed by atoms with Gasteiger partial charge in [-0.1, -0.05) is 18.6 Å². The minimum Gasteiger partial charge on any atom is -0.387 e. The molecule has 1 aliphatic rings. The maximum Gasteiger partial charge on any atom is 0.223 e. The van der Waals surface area contributed by atoms with Crippen LogP contribution in [0.4, 0.5) is 4.39 Å². The predicted molar refractivity (Wildman–Crippen MR) is 61.7 cm³/mol. The fourth-order valence-electron chi connectivity index (χ4n) is 1.81. The smallest absolute Gasteiger partial charge is 0.223 e. The zero-order valence-electron chi connectivity index (χ0n) is 9.53. The molecule has 1 aliphatic carbocycles. The number of benzene rings is 1. The highest BCUT2D eigenvalue weighted by molar-refractivity contribution is 5.79. The van der Waals surface area contributed by atoms with E-state index in [1.54, 1.807) is 0 Å². The lowest BCUT2D eigenvalue weighted by atomic mass is 9.85. The Morgan fingerprint density at radius 3 is 2.59 bits per heavy atom. The van der Waals surface area contributed by atoms with E-state index >= 15 is 0 Å². The number of aliphatic hydroxyl groups is 1. The zero-order valence-corrected chi connectivity index (χ0v) is 9.53. The number of nitrogens with one attached hydrogen (secondary N) is 1. The van der Waals surface area contributed by atoms with E-state index < -0.39 is 6.10 Å². The molecule has 0 bridgehead atoms. The Morgan fingerprint density at radius 1 is 1.41 bits per heavy atom. The summed E-state index contributed by atoms with van der Waals surface area (Å²) in [6.45, 7) is 0.182. The van der Waals surface area contributed by atoms with Crippen LogP contribution in [0, 0.1) is 11.7 Å². The Bertz CT molecular complexity index is 387. The van der Waals surface area contributed by atoms with Gasteiger partial charge in [-0.25, -0.2) is 4.39 Å². The summed E-state index contributed by atoms with van der Waals surface area (Å²) >= 11 is 0. The van der Waals surface area contributed by atoms with Gasteiger partial charge in [-0.2, -0.15) is 0 Å². The lowest BCUT2D eigenvalue weighted by molar-refractivity contribution is -0.127. The van der Waals surface area contributed by atoms with Crippen molar-refractivity contribution in [1.82, 2.24) is 5.32 Å². The fourth-order valence-corrected chi connectivity index (χ4v) is 1.81. The van der Waals surface area contributed by atoms with Crippen LogP contribution in [0.25, 0.3) is 0 Å². The third-order valence-electron chi connectivity index (χ3n) is 3.20. The molecule has 17 heavy (non-hydrogen) atoms. The SMILES string of the molecule is O=C(NCC(O)c1ccc(F)cc1)C1CCC1. The van der Waals surface area contributed by atoms with E-state index in [-0.39, 0.29) is 24.2 Å². The van der Waals surface area contributed by atoms with Gasteiger partial charge in [-0.3, -0.25) is 4.79 Å². The van der Waals surface area contributed by atoms with Gasteiger partial charge in [0.25, 0.3) is 0 Å². The molecule has 2 N–H and O–H groups in total. The molecule has 0 spiro atoms. The van der Waals surface area contributed by atoms with Crippen molar-refractivity contribution in [3.8, 4) is 0 Å². The fraction of sp³-hybridized carbons (Fsp3) is 0.462. The molecule has 1 atom stereocenters. The molecule has 2 rings (SSSR count). The second-order valence-electron chi connectivity index (χ2n) is 4.44. The quantitative estimate of drug-likeness (QED) is 0.838. The third-order valence-corrected chi connectivity index (χ3v) is 3.20. The number of amides is 1. The average Bonchev–Trinajstić information content (AvgIpc) is 2.24. The first kappa shape index (κ1) is 12.0. The van der Waals surface area contributed by atoms with Crippen LogP contribution in [0.3, 0.4) is 0 Å². The molecule has 1 saturated carbocycles. The molecule has 0 aromatic heterocycles. The maximum atomic E-state index is 12.7. The van der Waals surface area contributed by atoms with Gasteiger partial charge in [0, 0.05) is 12.5 Å². The van der Waals surface area contributed by atoms with Gasteiger partial charge in [0.05, 0.1) is 6.10 Å². The number of carbonyl (C=O) groups excluding carboxylic acids is 1. The number of aliphatic hydroxyl groups excluding tert-OH is 1. The van der Waals surface area contributed by atoms with Crippen molar-refractivity contribution in [3.05, 3.63) is 35.6 Å². The van der Waals surface area contributed by atoms with Gasteiger partial charge in [-0.05, 0) is 30.5 Å². The molecule has 92 valence electrons. The summed E-state index contributed by atoms with van der Waals surface area (Å²) in [5.41, 5.74) is 0.611. The molecule has 0 radical (unpaired) electrons. The molecule has 1 aromatic carbocycles. The van der Waals surface area contributed by atoms with E-state index in [1.165, 1.54) is 24.3 Å². The van der Waals surface area contributed by atoms with Crippen LogP contribution < -0.4 is 5.32 Å². The summed E-state index contributed by atoms with van der Waals surface area (Å²) in [5, 5.41) is 12.5. The molecule has 0 heterocycles. The van der Waals surface area contributed by atoms with Gasteiger partial charge >= 0.3 is 0 Å². The monoisotopic (exact) mass is 237 g/mol. The van der Waals surface area contributed by atoms with Gasteiger partial charge in [0.2, 0.25) is 5.91 Å². The number of hydrogen-bond donors (Lipinski definition) is 2. The summed E-state index contributed by atoms with van der Waals surface area (Å²) in [5.74, 6) is -0.202. The van der Waals surface area contributed by atoms with Crippen molar-refractivity contribution in [2.75, 3.05) is 6.54 Å². The van der Waals surface area contributed by atoms with Crippen LogP contribution in [0.15, 0.2) is 24.3 Å². The van der Waals surface area contributed by atoms with Crippen LogP contribution in [0.1, 0.15) is 30.9 Å². The summed E-state index contributed by atoms with van der Waals surface area (Å²) in [7, 11) is 0. The van der Waals surface area contributed by atoms with Gasteiger partial charge in [0.1, 0.15) is 5.82 Å². The Labute approximate surface area is 99.7 Å². The highest BCUT2D eigenvalue weighted by atomic mass is 19.1. The molecule has 1 aromatic rings. The molecular formula is C13H16FNO2. The third kappa shape index (κ3) is 3.03. The molecule has 1 amide bonds. The maximum absolute atomic E-state index is 12.7. The Balaban J connectivity index is 1.82. The van der Waals surface area contributed by atoms with Crippen LogP contribution in [-0.2, 0) is 4.79 Å². The number of rotatable bonds is 4. The Hall–Kier alpha value is -1.42. The molecule has 1 fully saturated rings. The van der Waals surface area contributed by atoms with Crippen molar-refractivity contribution in [1.29, 1.82) is 0 Å². The molecule has 0 saturated heterocycles. The largest absolute Gasteiger partial charge is 0.387 e. The van der Waals surface area contributed by atoms with Crippen molar-refractivity contribution in [2.45, 2.75) is 25.4 Å². The molecule has 4 heteroatoms. The van der Waals surface area contributed by atoms with Gasteiger partial charge < -0.3 is 10.4 Å². The van der Waals surface area contributed by atoms with Gasteiger partial charge in [0.15, 0.2) is 0 Å². The summed E-state index contributed by atoms with van der Waals surface area (Å²) < 4.78 is 12.7. The van der Waals surface area contributed by atoms with E-state index in [2.05, 4.69) is 5.32 Å². The molecule has 1 unspecified atom stereocenters. The van der Waals surface area contributed by atoms with Crippen LogP contribution in [0.2, 0.25) is 0 Å². The van der Waals surface area contributed by atoms with E-state index in [4.69, 9.17) is 0 Å². The van der Waals surface area contributed by atoms with E-state index in [1.807, 2.05) is 0 Å². The van der Waals surface area contributed by atoms with E-state index in [0.29, 0.717) is 5.56 Å². The van der Waals surface area contributed by atoms with Crippen molar-refractivity contribution >= 4 is 5.91 Å². The predicted octanol–water partition coefficient (Wildman–Crippen LogP) is 1.78. The zero-order chi connectivity index (χ0) is 12.3. The summed E-state index contributed by atoms with van der Waals surface area (Å²) in [6, 6.07) is 5.64. The van der Waals surface area contributed by atoms with Crippen molar-refractivity contribution in [2.24, 2.45) is 5.92 Å². The first-order valence-corrected chi connectivity index (χ1v) is 5.88. The highest BCUT2D eigenvalue weighted by Gasteiger charge is 2.25. The standard InChI is InChI=1S/C13H16FNO2/c14-11-6-4-9(5-7-11)12(16)8-15-13(17)10-2-1-3-10/h4-7,10,12,16H,1-3,8H2,(H,15,17). The topological polar surface area (TPSA) is 49.3 Å². The Kier molecular flexibility index (Phi) is 3.74. The minimum absolute atomic E-state index is 0.0115. The number of halogens is 1. The Morgan fingerprint density at radius 2 is 2.06 bits per heavy atom. The summed E-state index contributed by atoms with van der Waals surface area (Å²) in [4.78, 5) is 11.5. The van der Waals surface area contributed by atoms with E-state index in [0.717, 1.165) is 19.3 Å². The van der Waals surface area contributed by atoms with Gasteiger partial charge in [-0.15, -0.1) is 0 Å². The van der Waals surface area contributed by atoms with Crippen LogP contribution >= 0.6 is 0 Å². The van der Waals surface area contributed by atoms with Crippen molar-refractivity contribution in [3.63, 3.8) is 0 Å². The highest BCUT2D eigenvalue weighted by Crippen LogP contribution is 2.26. The first-order chi connectivity index (χ1) is 8.16. The number of hydrogen-bond acceptors (Lipinski definition) is 2. The first-order valence-electron chi connectivity index (χ1n) is 5.88. The summed E-state index contributed by atoms with van der Waals surface area (Å²) in [6.07, 6.45) is 2.22. The second-order valence-corrected chi connectivity index (χ2v) is 4.44. The molecule has 0 aliphatic heterocycles. The molecular weight excluding hydrogens is 221 g/mol. The average molecular weight is 237 g/mol. The lowest BCUT2D eigenvalue weighted by Gasteiger charge is -2.24. The van der Waals surface area contributed by atoms with Crippen LogP contribution in [-0.4, -0.2) is 17.6 Å². The normalized spacial score (nSPS) is 17.3. The van der Waals surface area contributed by atoms with Crippen LogP contribution in [0.5, 0.6) is 0 Å². The molecule has 3 nitrogen and oxygen atoms in total. The van der Waals surface area contributed by atoms with Crippen molar-refractivity contribution < 1.29 is 14.3 Å². The second kappa shape index (κ2) is 5.27. The van der Waals surface area contributed by atoms with E-state index in [9.17, 15) is 14.3 Å². The minimum atomic E-state index is -0.778.